The largest absolute Gasteiger partial charge is 0.312 e. The van der Waals surface area contributed by atoms with Crippen LogP contribution in [0.3, 0.4) is 0 Å². The second kappa shape index (κ2) is 6.50. The minimum absolute atomic E-state index is 0.383. The molecule has 1 aromatic carbocycles. The van der Waals surface area contributed by atoms with Crippen molar-refractivity contribution in [3.63, 3.8) is 0 Å². The second-order valence-electron chi connectivity index (χ2n) is 4.33. The molecule has 0 saturated heterocycles. The molecule has 0 saturated carbocycles. The number of benzene rings is 1. The van der Waals surface area contributed by atoms with Crippen molar-refractivity contribution in [1.82, 2.24) is 5.32 Å². The Kier molecular flexibility index (Phi) is 4.98. The van der Waals surface area contributed by atoms with Crippen molar-refractivity contribution in [2.45, 2.75) is 25.3 Å². The first-order chi connectivity index (χ1) is 8.76. The number of rotatable bonds is 5. The molecular formula is C15H18BrNS. The van der Waals surface area contributed by atoms with Gasteiger partial charge < -0.3 is 5.32 Å². The Morgan fingerprint density at radius 2 is 1.89 bits per heavy atom. The summed E-state index contributed by atoms with van der Waals surface area (Å²) in [6.45, 7) is 2.25. The van der Waals surface area contributed by atoms with Gasteiger partial charge in [-0.25, -0.2) is 0 Å². The van der Waals surface area contributed by atoms with Crippen LogP contribution in [0.2, 0.25) is 0 Å². The molecule has 2 rings (SSSR count). The maximum Gasteiger partial charge on any atom is 0.0701 e. The molecule has 2 aromatic rings. The number of likely N-dealkylation sites (N-methyl/N-ethyl adjacent to an activating group) is 1. The summed E-state index contributed by atoms with van der Waals surface area (Å²) in [6, 6.07) is 15.5. The maximum absolute atomic E-state index is 3.55. The van der Waals surface area contributed by atoms with Crippen LogP contribution in [0, 0.1) is 0 Å². The molecule has 0 bridgehead atoms. The van der Waals surface area contributed by atoms with Gasteiger partial charge >= 0.3 is 0 Å². The Labute approximate surface area is 121 Å². The minimum Gasteiger partial charge on any atom is -0.312 e. The normalized spacial score (nSPS) is 14.4. The van der Waals surface area contributed by atoms with Crippen molar-refractivity contribution < 1.29 is 0 Å². The average Bonchev–Trinajstić information content (AvgIpc) is 2.83. The van der Waals surface area contributed by atoms with E-state index in [1.165, 1.54) is 14.2 Å². The molecule has 1 heterocycles. The number of nitrogens with one attached hydrogen (secondary N) is 1. The molecule has 1 aromatic heterocycles. The summed E-state index contributed by atoms with van der Waals surface area (Å²) in [5, 5.41) is 3.47. The van der Waals surface area contributed by atoms with Gasteiger partial charge in [0.1, 0.15) is 0 Å². The van der Waals surface area contributed by atoms with Gasteiger partial charge in [-0.3, -0.25) is 0 Å². The highest BCUT2D eigenvalue weighted by Crippen LogP contribution is 2.37. The molecule has 0 amide bonds. The molecule has 0 spiro atoms. The lowest BCUT2D eigenvalue weighted by molar-refractivity contribution is 0.474. The fourth-order valence-corrected chi connectivity index (χ4v) is 4.00. The SMILES string of the molecule is CCC(c1ccccc1)C(NC)c1ccc(Br)s1. The fraction of sp³-hybridized carbons (Fsp3) is 0.333. The van der Waals surface area contributed by atoms with E-state index < -0.39 is 0 Å². The number of hydrogen-bond acceptors (Lipinski definition) is 2. The first-order valence-corrected chi connectivity index (χ1v) is 7.84. The van der Waals surface area contributed by atoms with E-state index in [1.807, 2.05) is 18.4 Å². The molecule has 18 heavy (non-hydrogen) atoms. The van der Waals surface area contributed by atoms with Crippen LogP contribution in [0.15, 0.2) is 46.3 Å². The van der Waals surface area contributed by atoms with Crippen LogP contribution in [0.4, 0.5) is 0 Å². The Morgan fingerprint density at radius 3 is 2.39 bits per heavy atom. The van der Waals surface area contributed by atoms with E-state index >= 15 is 0 Å². The Bertz CT molecular complexity index is 480. The van der Waals surface area contributed by atoms with E-state index in [2.05, 4.69) is 70.6 Å². The predicted octanol–water partition coefficient (Wildman–Crippen LogP) is 4.96. The van der Waals surface area contributed by atoms with E-state index in [0.29, 0.717) is 12.0 Å². The maximum atomic E-state index is 3.55. The van der Waals surface area contributed by atoms with Gasteiger partial charge in [0.25, 0.3) is 0 Å². The van der Waals surface area contributed by atoms with Crippen LogP contribution in [0.25, 0.3) is 0 Å². The molecule has 1 N–H and O–H groups in total. The number of halogens is 1. The number of thiophene rings is 1. The molecule has 2 unspecified atom stereocenters. The third-order valence-electron chi connectivity index (χ3n) is 3.28. The van der Waals surface area contributed by atoms with Gasteiger partial charge in [-0.1, -0.05) is 37.3 Å². The predicted molar refractivity (Wildman–Crippen MR) is 83.3 cm³/mol. The molecule has 96 valence electrons. The molecule has 1 nitrogen and oxygen atoms in total. The van der Waals surface area contributed by atoms with Crippen molar-refractivity contribution in [1.29, 1.82) is 0 Å². The van der Waals surface area contributed by atoms with E-state index in [4.69, 9.17) is 0 Å². The molecule has 3 heteroatoms. The molecule has 0 radical (unpaired) electrons. The third kappa shape index (κ3) is 3.02. The standard InChI is InChI=1S/C15H18BrNS/c1-3-12(11-7-5-4-6-8-11)15(17-2)13-9-10-14(16)18-13/h4-10,12,15,17H,3H2,1-2H3. The lowest BCUT2D eigenvalue weighted by atomic mass is 9.88. The zero-order chi connectivity index (χ0) is 13.0. The lowest BCUT2D eigenvalue weighted by Gasteiger charge is -2.25. The van der Waals surface area contributed by atoms with Gasteiger partial charge in [0.15, 0.2) is 0 Å². The van der Waals surface area contributed by atoms with Gasteiger partial charge in [0, 0.05) is 16.8 Å². The summed E-state index contributed by atoms with van der Waals surface area (Å²) >= 11 is 5.36. The highest BCUT2D eigenvalue weighted by molar-refractivity contribution is 9.11. The van der Waals surface area contributed by atoms with E-state index in [1.54, 1.807) is 0 Å². The third-order valence-corrected chi connectivity index (χ3v) is 4.99. The molecule has 0 fully saturated rings. The zero-order valence-electron chi connectivity index (χ0n) is 10.7. The first kappa shape index (κ1) is 13.8. The summed E-state index contributed by atoms with van der Waals surface area (Å²) in [5.41, 5.74) is 1.41. The highest BCUT2D eigenvalue weighted by atomic mass is 79.9. The Hall–Kier alpha value is -0.640. The average molecular weight is 324 g/mol. The first-order valence-electron chi connectivity index (χ1n) is 6.23. The van der Waals surface area contributed by atoms with Crippen molar-refractivity contribution in [2.75, 3.05) is 7.05 Å². The van der Waals surface area contributed by atoms with Crippen LogP contribution in [0.5, 0.6) is 0 Å². The Morgan fingerprint density at radius 1 is 1.17 bits per heavy atom. The molecule has 0 aliphatic heterocycles. The number of hydrogen-bond donors (Lipinski definition) is 1. The van der Waals surface area contributed by atoms with Gasteiger partial charge in [-0.15, -0.1) is 11.3 Å². The van der Waals surface area contributed by atoms with Crippen molar-refractivity contribution in [3.8, 4) is 0 Å². The van der Waals surface area contributed by atoms with Crippen LogP contribution >= 0.6 is 27.3 Å². The minimum atomic E-state index is 0.383. The summed E-state index contributed by atoms with van der Waals surface area (Å²) in [7, 11) is 2.05. The van der Waals surface area contributed by atoms with E-state index in [-0.39, 0.29) is 0 Å². The van der Waals surface area contributed by atoms with Crippen LogP contribution in [0.1, 0.15) is 35.7 Å². The quantitative estimate of drug-likeness (QED) is 0.819. The summed E-state index contributed by atoms with van der Waals surface area (Å²) in [6.07, 6.45) is 1.13. The van der Waals surface area contributed by atoms with Gasteiger partial charge in [0.05, 0.1) is 3.79 Å². The molecule has 0 aliphatic rings. The van der Waals surface area contributed by atoms with E-state index in [9.17, 15) is 0 Å². The molecular weight excluding hydrogens is 306 g/mol. The van der Waals surface area contributed by atoms with Crippen LogP contribution in [-0.4, -0.2) is 7.05 Å². The lowest BCUT2D eigenvalue weighted by Crippen LogP contribution is -2.22. The van der Waals surface area contributed by atoms with Crippen LogP contribution < -0.4 is 5.32 Å². The van der Waals surface area contributed by atoms with Gasteiger partial charge in [-0.05, 0) is 47.1 Å². The van der Waals surface area contributed by atoms with Crippen molar-refractivity contribution in [2.24, 2.45) is 0 Å². The van der Waals surface area contributed by atoms with Crippen molar-refractivity contribution in [3.05, 3.63) is 56.7 Å². The second-order valence-corrected chi connectivity index (χ2v) is 6.83. The monoisotopic (exact) mass is 323 g/mol. The summed E-state index contributed by atoms with van der Waals surface area (Å²) in [5.74, 6) is 0.516. The topological polar surface area (TPSA) is 12.0 Å². The van der Waals surface area contributed by atoms with Crippen molar-refractivity contribution >= 4 is 27.3 Å². The summed E-state index contributed by atoms with van der Waals surface area (Å²) in [4.78, 5) is 1.39. The molecule has 2 atom stereocenters. The van der Waals surface area contributed by atoms with Gasteiger partial charge in [-0.2, -0.15) is 0 Å². The van der Waals surface area contributed by atoms with E-state index in [0.717, 1.165) is 6.42 Å². The summed E-state index contributed by atoms with van der Waals surface area (Å²) < 4.78 is 1.20. The smallest absolute Gasteiger partial charge is 0.0701 e. The molecule has 0 aliphatic carbocycles. The van der Waals surface area contributed by atoms with Crippen LogP contribution in [-0.2, 0) is 0 Å². The Balaban J connectivity index is 2.30. The zero-order valence-corrected chi connectivity index (χ0v) is 13.1. The fourth-order valence-electron chi connectivity index (χ4n) is 2.40. The highest BCUT2D eigenvalue weighted by Gasteiger charge is 2.22. The van der Waals surface area contributed by atoms with Gasteiger partial charge in [0.2, 0.25) is 0 Å².